The van der Waals surface area contributed by atoms with Gasteiger partial charge in [0.05, 0.1) is 11.9 Å². The lowest BCUT2D eigenvalue weighted by Gasteiger charge is -2.23. The number of rotatable bonds is 3. The van der Waals surface area contributed by atoms with Gasteiger partial charge in [0.15, 0.2) is 5.78 Å². The van der Waals surface area contributed by atoms with Crippen LogP contribution in [0.1, 0.15) is 46.0 Å². The molecule has 0 amide bonds. The number of allylic oxidation sites excluding steroid dienone is 2. The summed E-state index contributed by atoms with van der Waals surface area (Å²) in [6, 6.07) is 0. The van der Waals surface area contributed by atoms with Gasteiger partial charge in [-0.1, -0.05) is 6.42 Å². The molecule has 1 saturated carbocycles. The minimum absolute atomic E-state index is 0.0632. The van der Waals surface area contributed by atoms with E-state index in [0.29, 0.717) is 6.10 Å². The summed E-state index contributed by atoms with van der Waals surface area (Å²) in [5, 5.41) is 0. The van der Waals surface area contributed by atoms with Crippen molar-refractivity contribution in [2.75, 3.05) is 0 Å². The van der Waals surface area contributed by atoms with Crippen molar-refractivity contribution in [3.8, 4) is 0 Å². The molecule has 0 N–H and O–H groups in total. The lowest BCUT2D eigenvalue weighted by Crippen LogP contribution is -2.15. The maximum Gasteiger partial charge on any atom is 0.155 e. The maximum absolute atomic E-state index is 10.7. The average molecular weight is 182 g/mol. The molecular weight excluding hydrogens is 164 g/mol. The first-order chi connectivity index (χ1) is 6.18. The monoisotopic (exact) mass is 182 g/mol. The second-order valence-electron chi connectivity index (χ2n) is 3.74. The SMILES string of the molecule is CC(=O)/C=C(/C)OC1CCCCC1. The quantitative estimate of drug-likeness (QED) is 0.495. The highest BCUT2D eigenvalue weighted by atomic mass is 16.5. The fourth-order valence-corrected chi connectivity index (χ4v) is 1.77. The van der Waals surface area contributed by atoms with E-state index in [1.165, 1.54) is 19.3 Å². The molecule has 1 aliphatic carbocycles. The van der Waals surface area contributed by atoms with Gasteiger partial charge in [0.1, 0.15) is 0 Å². The van der Waals surface area contributed by atoms with Gasteiger partial charge in [-0.25, -0.2) is 0 Å². The second-order valence-corrected chi connectivity index (χ2v) is 3.74. The number of ketones is 1. The van der Waals surface area contributed by atoms with Gasteiger partial charge in [-0.15, -0.1) is 0 Å². The third-order valence-corrected chi connectivity index (χ3v) is 2.31. The molecule has 1 fully saturated rings. The maximum atomic E-state index is 10.7. The molecular formula is C11H18O2. The van der Waals surface area contributed by atoms with E-state index in [9.17, 15) is 4.79 Å². The van der Waals surface area contributed by atoms with Gasteiger partial charge >= 0.3 is 0 Å². The lowest BCUT2D eigenvalue weighted by atomic mass is 9.98. The van der Waals surface area contributed by atoms with E-state index in [0.717, 1.165) is 18.6 Å². The van der Waals surface area contributed by atoms with Crippen LogP contribution in [-0.4, -0.2) is 11.9 Å². The van der Waals surface area contributed by atoms with E-state index in [1.807, 2.05) is 6.92 Å². The van der Waals surface area contributed by atoms with Crippen molar-refractivity contribution in [2.45, 2.75) is 52.1 Å². The van der Waals surface area contributed by atoms with E-state index in [4.69, 9.17) is 4.74 Å². The Hall–Kier alpha value is -0.790. The largest absolute Gasteiger partial charge is 0.495 e. The first-order valence-corrected chi connectivity index (χ1v) is 5.04. The predicted octanol–water partition coefficient (Wildman–Crippen LogP) is 2.83. The van der Waals surface area contributed by atoms with Gasteiger partial charge in [-0.05, 0) is 39.5 Å². The number of hydrogen-bond donors (Lipinski definition) is 0. The Balaban J connectivity index is 2.33. The Morgan fingerprint density at radius 1 is 1.23 bits per heavy atom. The molecule has 0 spiro atoms. The minimum atomic E-state index is 0.0632. The number of ether oxygens (including phenoxy) is 1. The molecule has 0 radical (unpaired) electrons. The van der Waals surface area contributed by atoms with Crippen molar-refractivity contribution in [3.05, 3.63) is 11.8 Å². The van der Waals surface area contributed by atoms with Gasteiger partial charge in [-0.2, -0.15) is 0 Å². The van der Waals surface area contributed by atoms with Crippen molar-refractivity contribution < 1.29 is 9.53 Å². The first-order valence-electron chi connectivity index (χ1n) is 5.04. The van der Waals surface area contributed by atoms with E-state index in [1.54, 1.807) is 13.0 Å². The minimum Gasteiger partial charge on any atom is -0.495 e. The highest BCUT2D eigenvalue weighted by Gasteiger charge is 2.14. The summed E-state index contributed by atoms with van der Waals surface area (Å²) in [5.74, 6) is 0.827. The Kier molecular flexibility index (Phi) is 4.00. The molecule has 13 heavy (non-hydrogen) atoms. The normalized spacial score (nSPS) is 20.0. The smallest absolute Gasteiger partial charge is 0.155 e. The average Bonchev–Trinajstić information content (AvgIpc) is 2.04. The van der Waals surface area contributed by atoms with Gasteiger partial charge in [-0.3, -0.25) is 4.79 Å². The van der Waals surface area contributed by atoms with Gasteiger partial charge in [0.25, 0.3) is 0 Å². The summed E-state index contributed by atoms with van der Waals surface area (Å²) < 4.78 is 5.64. The molecule has 0 heterocycles. The fourth-order valence-electron chi connectivity index (χ4n) is 1.77. The summed E-state index contributed by atoms with van der Waals surface area (Å²) in [6.07, 6.45) is 8.05. The molecule has 1 rings (SSSR count). The lowest BCUT2D eigenvalue weighted by molar-refractivity contribution is -0.112. The van der Waals surface area contributed by atoms with Crippen molar-refractivity contribution >= 4 is 5.78 Å². The first kappa shape index (κ1) is 10.3. The second kappa shape index (κ2) is 5.05. The molecule has 0 bridgehead atoms. The fraction of sp³-hybridized carbons (Fsp3) is 0.727. The number of carbonyl (C=O) groups excluding carboxylic acids is 1. The van der Waals surface area contributed by atoms with Gasteiger partial charge < -0.3 is 4.74 Å². The number of hydrogen-bond acceptors (Lipinski definition) is 2. The van der Waals surface area contributed by atoms with Crippen LogP contribution in [-0.2, 0) is 9.53 Å². The van der Waals surface area contributed by atoms with E-state index >= 15 is 0 Å². The summed E-state index contributed by atoms with van der Waals surface area (Å²) in [7, 11) is 0. The third kappa shape index (κ3) is 4.11. The predicted molar refractivity (Wildman–Crippen MR) is 52.4 cm³/mol. The van der Waals surface area contributed by atoms with Crippen LogP contribution >= 0.6 is 0 Å². The Bertz CT molecular complexity index is 200. The zero-order valence-electron chi connectivity index (χ0n) is 8.51. The third-order valence-electron chi connectivity index (χ3n) is 2.31. The molecule has 2 heteroatoms. The molecule has 1 aliphatic rings. The van der Waals surface area contributed by atoms with Crippen molar-refractivity contribution in [1.29, 1.82) is 0 Å². The zero-order chi connectivity index (χ0) is 9.68. The molecule has 0 saturated heterocycles. The van der Waals surface area contributed by atoms with E-state index in [-0.39, 0.29) is 5.78 Å². The van der Waals surface area contributed by atoms with Gasteiger partial charge in [0, 0.05) is 6.08 Å². The van der Waals surface area contributed by atoms with Crippen molar-refractivity contribution in [3.63, 3.8) is 0 Å². The molecule has 0 unspecified atom stereocenters. The van der Waals surface area contributed by atoms with Crippen LogP contribution in [0, 0.1) is 0 Å². The zero-order valence-corrected chi connectivity index (χ0v) is 8.51. The van der Waals surface area contributed by atoms with Crippen LogP contribution in [0.25, 0.3) is 0 Å². The summed E-state index contributed by atoms with van der Waals surface area (Å²) >= 11 is 0. The van der Waals surface area contributed by atoms with Crippen LogP contribution in [0.3, 0.4) is 0 Å². The summed E-state index contributed by atoms with van der Waals surface area (Å²) in [4.78, 5) is 10.7. The molecule has 0 atom stereocenters. The molecule has 2 nitrogen and oxygen atoms in total. The van der Waals surface area contributed by atoms with Crippen LogP contribution in [0.5, 0.6) is 0 Å². The Morgan fingerprint density at radius 2 is 1.85 bits per heavy atom. The molecule has 0 aliphatic heterocycles. The van der Waals surface area contributed by atoms with Crippen LogP contribution < -0.4 is 0 Å². The highest BCUT2D eigenvalue weighted by Crippen LogP contribution is 2.22. The van der Waals surface area contributed by atoms with E-state index < -0.39 is 0 Å². The van der Waals surface area contributed by atoms with Crippen molar-refractivity contribution in [2.24, 2.45) is 0 Å². The Morgan fingerprint density at radius 3 is 2.38 bits per heavy atom. The van der Waals surface area contributed by atoms with Crippen LogP contribution in [0.4, 0.5) is 0 Å². The van der Waals surface area contributed by atoms with E-state index in [2.05, 4.69) is 0 Å². The number of carbonyl (C=O) groups is 1. The Labute approximate surface area is 80.0 Å². The van der Waals surface area contributed by atoms with Crippen LogP contribution in [0.2, 0.25) is 0 Å². The summed E-state index contributed by atoms with van der Waals surface area (Å²) in [6.45, 7) is 3.41. The van der Waals surface area contributed by atoms with Crippen molar-refractivity contribution in [1.82, 2.24) is 0 Å². The van der Waals surface area contributed by atoms with Crippen LogP contribution in [0.15, 0.2) is 11.8 Å². The molecule has 0 aromatic carbocycles. The molecule has 0 aromatic rings. The molecule has 0 aromatic heterocycles. The standard InChI is InChI=1S/C11H18O2/c1-9(12)8-10(2)13-11-6-4-3-5-7-11/h8,11H,3-7H2,1-2H3/b10-8-. The molecule has 74 valence electrons. The highest BCUT2D eigenvalue weighted by molar-refractivity contribution is 5.87. The topological polar surface area (TPSA) is 26.3 Å². The summed E-state index contributed by atoms with van der Waals surface area (Å²) in [5.41, 5.74) is 0. The van der Waals surface area contributed by atoms with Gasteiger partial charge in [0.2, 0.25) is 0 Å².